The second-order valence-corrected chi connectivity index (χ2v) is 14.5. The quantitative estimate of drug-likeness (QED) is 0.338. The van der Waals surface area contributed by atoms with Gasteiger partial charge in [-0.2, -0.15) is 10.2 Å². The van der Waals surface area contributed by atoms with Crippen LogP contribution < -0.4 is 4.90 Å². The van der Waals surface area contributed by atoms with Crippen LogP contribution in [0.1, 0.15) is 71.3 Å². The molecule has 2 saturated heterocycles. The smallest absolute Gasteiger partial charge is 0.410 e. The molecule has 1 N–H and O–H groups in total. The molecule has 6 rings (SSSR count). The maximum Gasteiger partial charge on any atom is 0.410 e. The first-order valence-corrected chi connectivity index (χ1v) is 16.7. The van der Waals surface area contributed by atoms with Gasteiger partial charge in [-0.15, -0.1) is 0 Å². The third-order valence-electron chi connectivity index (χ3n) is 10.4. The number of hydrogen-bond acceptors (Lipinski definition) is 7. The summed E-state index contributed by atoms with van der Waals surface area (Å²) in [6.07, 6.45) is 7.59. The number of para-hydroxylation sites is 1. The van der Waals surface area contributed by atoms with Crippen LogP contribution in [0.2, 0.25) is 0 Å². The summed E-state index contributed by atoms with van der Waals surface area (Å²) in [6.45, 7) is 8.51. The van der Waals surface area contributed by atoms with Gasteiger partial charge in [-0.3, -0.25) is 4.79 Å². The van der Waals surface area contributed by atoms with Gasteiger partial charge in [0.05, 0.1) is 17.6 Å². The molecule has 2 aromatic carbocycles. The maximum atomic E-state index is 14.1. The van der Waals surface area contributed by atoms with E-state index in [2.05, 4.69) is 39.4 Å². The van der Waals surface area contributed by atoms with Crippen LogP contribution in [0.3, 0.4) is 0 Å². The summed E-state index contributed by atoms with van der Waals surface area (Å²) >= 11 is 0. The van der Waals surface area contributed by atoms with Gasteiger partial charge in [0, 0.05) is 55.7 Å². The normalized spacial score (nSPS) is 20.6. The lowest BCUT2D eigenvalue weighted by molar-refractivity contribution is -0.141. The number of amides is 2. The van der Waals surface area contributed by atoms with E-state index >= 15 is 0 Å². The van der Waals surface area contributed by atoms with Crippen LogP contribution in [0.5, 0.6) is 5.75 Å². The Bertz CT molecular complexity index is 1540. The molecule has 9 nitrogen and oxygen atoms in total. The molecule has 1 saturated carbocycles. The number of benzene rings is 2. The lowest BCUT2D eigenvalue weighted by atomic mass is 9.67. The Balaban J connectivity index is 1.16. The van der Waals surface area contributed by atoms with Gasteiger partial charge in [0.25, 0.3) is 0 Å². The molecule has 2 amide bonds. The van der Waals surface area contributed by atoms with Gasteiger partial charge >= 0.3 is 6.09 Å². The molecule has 9 heteroatoms. The van der Waals surface area contributed by atoms with E-state index in [1.807, 2.05) is 61.9 Å². The van der Waals surface area contributed by atoms with E-state index in [-0.39, 0.29) is 34.6 Å². The minimum absolute atomic E-state index is 0.104. The maximum absolute atomic E-state index is 14.1. The van der Waals surface area contributed by atoms with Crippen molar-refractivity contribution >= 4 is 17.7 Å². The number of rotatable bonds is 6. The van der Waals surface area contributed by atoms with Crippen molar-refractivity contribution in [2.75, 3.05) is 38.1 Å². The SMILES string of the molecule is CN(CC1(c2ccccc2)CCN(c2cnnc(-c3ccccc3O)c2)CC1)C(=O)C1CCN(C(=O)OC(C)(C)C)C2(CCC2)C1. The van der Waals surface area contributed by atoms with Crippen molar-refractivity contribution in [2.45, 2.75) is 82.3 Å². The van der Waals surface area contributed by atoms with E-state index in [0.717, 1.165) is 50.9 Å². The number of hydrogen-bond donors (Lipinski definition) is 1. The molecular formula is C37H47N5O4. The van der Waals surface area contributed by atoms with Gasteiger partial charge < -0.3 is 24.5 Å². The van der Waals surface area contributed by atoms with Crippen LogP contribution in [0, 0.1) is 5.92 Å². The molecule has 3 heterocycles. The van der Waals surface area contributed by atoms with Crippen molar-refractivity contribution in [3.63, 3.8) is 0 Å². The van der Waals surface area contributed by atoms with E-state index in [1.54, 1.807) is 18.3 Å². The van der Waals surface area contributed by atoms with Crippen LogP contribution in [-0.4, -0.2) is 81.5 Å². The predicted octanol–water partition coefficient (Wildman–Crippen LogP) is 6.42. The molecule has 3 aliphatic rings. The van der Waals surface area contributed by atoms with Crippen LogP contribution in [0.15, 0.2) is 66.9 Å². The summed E-state index contributed by atoms with van der Waals surface area (Å²) < 4.78 is 5.76. The summed E-state index contributed by atoms with van der Waals surface area (Å²) in [4.78, 5) is 33.4. The predicted molar refractivity (Wildman–Crippen MR) is 179 cm³/mol. The zero-order valence-electron chi connectivity index (χ0n) is 27.6. The zero-order chi connectivity index (χ0) is 32.5. The Labute approximate surface area is 272 Å². The van der Waals surface area contributed by atoms with Gasteiger partial charge in [-0.05, 0) is 89.5 Å². The highest BCUT2D eigenvalue weighted by atomic mass is 16.6. The minimum atomic E-state index is -0.544. The molecule has 3 aromatic rings. The van der Waals surface area contributed by atoms with Gasteiger partial charge in [0.1, 0.15) is 11.4 Å². The first-order chi connectivity index (χ1) is 22.0. The average molecular weight is 626 g/mol. The van der Waals surface area contributed by atoms with Crippen LogP contribution in [0.4, 0.5) is 10.5 Å². The highest BCUT2D eigenvalue weighted by Crippen LogP contribution is 2.47. The van der Waals surface area contributed by atoms with E-state index in [1.165, 1.54) is 5.56 Å². The van der Waals surface area contributed by atoms with Crippen molar-refractivity contribution in [2.24, 2.45) is 5.92 Å². The van der Waals surface area contributed by atoms with Crippen molar-refractivity contribution in [3.05, 3.63) is 72.4 Å². The van der Waals surface area contributed by atoms with Crippen molar-refractivity contribution in [1.29, 1.82) is 0 Å². The Hall–Kier alpha value is -4.14. The number of carbonyl (C=O) groups excluding carboxylic acids is 2. The fraction of sp³-hybridized carbons (Fsp3) is 0.514. The first-order valence-electron chi connectivity index (χ1n) is 16.7. The summed E-state index contributed by atoms with van der Waals surface area (Å²) in [5, 5.41) is 18.9. The summed E-state index contributed by atoms with van der Waals surface area (Å²) in [6, 6.07) is 19.8. The molecule has 1 spiro atoms. The van der Waals surface area contributed by atoms with Crippen LogP contribution in [-0.2, 0) is 14.9 Å². The fourth-order valence-corrected chi connectivity index (χ4v) is 7.78. The van der Waals surface area contributed by atoms with E-state index in [4.69, 9.17) is 4.74 Å². The molecule has 2 aliphatic heterocycles. The summed E-state index contributed by atoms with van der Waals surface area (Å²) in [5.41, 5.74) is 2.54. The summed E-state index contributed by atoms with van der Waals surface area (Å²) in [7, 11) is 1.96. The molecule has 0 bridgehead atoms. The van der Waals surface area contributed by atoms with Crippen LogP contribution >= 0.6 is 0 Å². The van der Waals surface area contributed by atoms with Crippen molar-refractivity contribution in [1.82, 2.24) is 20.0 Å². The third-order valence-corrected chi connectivity index (χ3v) is 10.4. The number of phenolic OH excluding ortho intramolecular Hbond substituents is 1. The summed E-state index contributed by atoms with van der Waals surface area (Å²) in [5.74, 6) is 0.258. The number of likely N-dealkylation sites (N-methyl/N-ethyl adjacent to an activating group) is 1. The molecular weight excluding hydrogens is 578 g/mol. The van der Waals surface area contributed by atoms with Crippen LogP contribution in [0.25, 0.3) is 11.3 Å². The minimum Gasteiger partial charge on any atom is -0.507 e. The monoisotopic (exact) mass is 625 g/mol. The Morgan fingerprint density at radius 1 is 1.00 bits per heavy atom. The number of phenols is 1. The van der Waals surface area contributed by atoms with Gasteiger partial charge in [-0.25, -0.2) is 4.79 Å². The number of likely N-dealkylation sites (tertiary alicyclic amines) is 1. The molecule has 244 valence electrons. The molecule has 1 aliphatic carbocycles. The standard InChI is InChI=1S/C37H47N5O4/c1-35(2,3)46-34(45)42-20-15-27(24-37(42)16-10-17-37)33(44)40(4)26-36(28-11-6-5-7-12-28)18-21-41(22-19-36)29-23-31(39-38-25-29)30-13-8-9-14-32(30)43/h5-9,11-14,23,25,27,43H,10,15-22,24,26H2,1-4H3. The number of aromatic nitrogens is 2. The Morgan fingerprint density at radius 3 is 2.35 bits per heavy atom. The molecule has 1 unspecified atom stereocenters. The third kappa shape index (κ3) is 6.42. The molecule has 0 radical (unpaired) electrons. The number of piperidine rings is 2. The highest BCUT2D eigenvalue weighted by Gasteiger charge is 2.51. The zero-order valence-corrected chi connectivity index (χ0v) is 27.6. The largest absolute Gasteiger partial charge is 0.507 e. The second-order valence-electron chi connectivity index (χ2n) is 14.5. The van der Waals surface area contributed by atoms with E-state index < -0.39 is 5.60 Å². The number of anilines is 1. The lowest BCUT2D eigenvalue weighted by Gasteiger charge is -2.55. The van der Waals surface area contributed by atoms with E-state index in [9.17, 15) is 14.7 Å². The highest BCUT2D eigenvalue weighted by molar-refractivity contribution is 5.80. The van der Waals surface area contributed by atoms with Crippen molar-refractivity contribution < 1.29 is 19.4 Å². The van der Waals surface area contributed by atoms with Gasteiger partial charge in [0.2, 0.25) is 5.91 Å². The first kappa shape index (κ1) is 31.8. The number of carbonyl (C=O) groups is 2. The second kappa shape index (κ2) is 12.6. The number of nitrogens with zero attached hydrogens (tertiary/aromatic N) is 5. The van der Waals surface area contributed by atoms with Crippen molar-refractivity contribution in [3.8, 4) is 17.0 Å². The van der Waals surface area contributed by atoms with E-state index in [0.29, 0.717) is 37.2 Å². The molecule has 46 heavy (non-hydrogen) atoms. The molecule has 1 aromatic heterocycles. The average Bonchev–Trinajstić information content (AvgIpc) is 3.03. The fourth-order valence-electron chi connectivity index (χ4n) is 7.78. The molecule has 1 atom stereocenters. The Kier molecular flexibility index (Phi) is 8.70. The number of aromatic hydroxyl groups is 1. The van der Waals surface area contributed by atoms with Gasteiger partial charge in [-0.1, -0.05) is 42.5 Å². The van der Waals surface area contributed by atoms with Gasteiger partial charge in [0.15, 0.2) is 0 Å². The topological polar surface area (TPSA) is 99.1 Å². The Morgan fingerprint density at radius 2 is 1.70 bits per heavy atom. The molecule has 3 fully saturated rings. The number of ether oxygens (including phenoxy) is 1. The lowest BCUT2D eigenvalue weighted by Crippen LogP contribution is -2.62.